The number of benzene rings is 1. The number of para-hydroxylation sites is 1. The molecule has 3 aromatic rings. The molecule has 0 saturated heterocycles. The number of cyclic esters (lactones) is 1. The van der Waals surface area contributed by atoms with Gasteiger partial charge >= 0.3 is 11.9 Å². The highest BCUT2D eigenvalue weighted by Gasteiger charge is 2.47. The lowest BCUT2D eigenvalue weighted by molar-refractivity contribution is -0.155. The van der Waals surface area contributed by atoms with Gasteiger partial charge in [0.2, 0.25) is 5.91 Å². The highest BCUT2D eigenvalue weighted by atomic mass is 16.5. The molecule has 1 aliphatic carbocycles. The molecule has 10 heteroatoms. The van der Waals surface area contributed by atoms with Crippen LogP contribution < -0.4 is 10.9 Å². The predicted molar refractivity (Wildman–Crippen MR) is 167 cm³/mol. The monoisotopic (exact) mass is 613 g/mol. The average molecular weight is 614 g/mol. The molecule has 1 fully saturated rings. The number of nitrogens with one attached hydrogen (secondary N) is 1. The number of aliphatic carboxylic acids is 1. The summed E-state index contributed by atoms with van der Waals surface area (Å²) in [6.07, 6.45) is 5.68. The van der Waals surface area contributed by atoms with Crippen LogP contribution in [-0.4, -0.2) is 44.3 Å². The summed E-state index contributed by atoms with van der Waals surface area (Å²) >= 11 is 0. The van der Waals surface area contributed by atoms with E-state index in [2.05, 4.69) is 5.32 Å². The summed E-state index contributed by atoms with van der Waals surface area (Å²) in [6.45, 7) is 2.11. The van der Waals surface area contributed by atoms with E-state index in [4.69, 9.17) is 14.8 Å². The summed E-state index contributed by atoms with van der Waals surface area (Å²) in [5, 5.41) is 12.8. The first-order chi connectivity index (χ1) is 21.7. The summed E-state index contributed by atoms with van der Waals surface area (Å²) in [6, 6.07) is 11.0. The van der Waals surface area contributed by atoms with E-state index < -0.39 is 29.3 Å². The van der Waals surface area contributed by atoms with Crippen molar-refractivity contribution in [2.75, 3.05) is 0 Å². The van der Waals surface area contributed by atoms with Crippen LogP contribution >= 0.6 is 0 Å². The molecule has 4 heterocycles. The largest absolute Gasteiger partial charge is 0.481 e. The van der Waals surface area contributed by atoms with E-state index >= 15 is 0 Å². The zero-order valence-corrected chi connectivity index (χ0v) is 25.6. The van der Waals surface area contributed by atoms with E-state index in [1.165, 1.54) is 0 Å². The number of fused-ring (bicyclic) bond motifs is 5. The topological polar surface area (TPSA) is 145 Å². The van der Waals surface area contributed by atoms with E-state index in [9.17, 15) is 24.0 Å². The number of carboxylic acid groups (broad SMARTS) is 1. The van der Waals surface area contributed by atoms with Crippen molar-refractivity contribution in [2.24, 2.45) is 5.92 Å². The molecule has 1 amide bonds. The lowest BCUT2D eigenvalue weighted by Gasteiger charge is -2.36. The number of esters is 1. The lowest BCUT2D eigenvalue weighted by Crippen LogP contribution is -2.46. The van der Waals surface area contributed by atoms with Gasteiger partial charge in [-0.15, -0.1) is 0 Å². The van der Waals surface area contributed by atoms with Crippen LogP contribution in [0.25, 0.3) is 22.3 Å². The van der Waals surface area contributed by atoms with Gasteiger partial charge in [0.1, 0.15) is 6.61 Å². The third-order valence-electron chi connectivity index (χ3n) is 10.0. The third kappa shape index (κ3) is 5.90. The maximum atomic E-state index is 13.9. The van der Waals surface area contributed by atoms with Crippen LogP contribution in [0.2, 0.25) is 0 Å². The van der Waals surface area contributed by atoms with Gasteiger partial charge in [-0.2, -0.15) is 0 Å². The molecule has 2 aliphatic heterocycles. The minimum absolute atomic E-state index is 0.00311. The maximum absolute atomic E-state index is 13.9. The summed E-state index contributed by atoms with van der Waals surface area (Å²) in [5.74, 6) is -1.92. The van der Waals surface area contributed by atoms with Crippen molar-refractivity contribution in [3.8, 4) is 11.4 Å². The van der Waals surface area contributed by atoms with Crippen molar-refractivity contribution in [3.63, 3.8) is 0 Å². The van der Waals surface area contributed by atoms with Gasteiger partial charge in [0.05, 0.1) is 46.9 Å². The second-order valence-corrected chi connectivity index (χ2v) is 12.7. The first-order valence-electron chi connectivity index (χ1n) is 16.1. The molecule has 0 unspecified atom stereocenters. The van der Waals surface area contributed by atoms with Gasteiger partial charge in [0.25, 0.3) is 5.56 Å². The van der Waals surface area contributed by atoms with Crippen LogP contribution in [0.15, 0.2) is 41.2 Å². The SMILES string of the molecule is CC[C@@]1(CCC(=O)[C@H](CC2CCCCC2)NC(=O)CCC(=O)O)C(=O)OCc2c1cc1n(c2=O)Cc2cc3ccccc3nc2-1. The van der Waals surface area contributed by atoms with E-state index in [0.717, 1.165) is 48.6 Å². The Morgan fingerprint density at radius 1 is 1.09 bits per heavy atom. The van der Waals surface area contributed by atoms with Crippen molar-refractivity contribution in [1.82, 2.24) is 14.9 Å². The van der Waals surface area contributed by atoms with Crippen LogP contribution in [0, 0.1) is 5.92 Å². The normalized spacial score (nSPS) is 19.7. The fraction of sp³-hybridized carbons (Fsp3) is 0.486. The first kappa shape index (κ1) is 30.7. The number of carboxylic acids is 1. The summed E-state index contributed by atoms with van der Waals surface area (Å²) in [4.78, 5) is 69.8. The molecule has 1 aromatic carbocycles. The van der Waals surface area contributed by atoms with Gasteiger partial charge in [-0.05, 0) is 48.9 Å². The van der Waals surface area contributed by atoms with Crippen molar-refractivity contribution in [1.29, 1.82) is 0 Å². The number of hydrogen-bond donors (Lipinski definition) is 2. The highest BCUT2D eigenvalue weighted by Crippen LogP contribution is 2.43. The molecular formula is C35H39N3O7. The van der Waals surface area contributed by atoms with Crippen LogP contribution in [0.3, 0.4) is 0 Å². The quantitative estimate of drug-likeness (QED) is 0.230. The van der Waals surface area contributed by atoms with Crippen molar-refractivity contribution >= 4 is 34.5 Å². The molecule has 45 heavy (non-hydrogen) atoms. The fourth-order valence-corrected chi connectivity index (χ4v) is 7.44. The number of nitrogens with zero attached hydrogens (tertiary/aromatic N) is 2. The molecule has 2 aromatic heterocycles. The van der Waals surface area contributed by atoms with Crippen molar-refractivity contribution in [3.05, 3.63) is 63.4 Å². The first-order valence-corrected chi connectivity index (χ1v) is 16.1. The second-order valence-electron chi connectivity index (χ2n) is 12.7. The Hall–Kier alpha value is -4.34. The number of Topliss-reactive ketones (excluding diaryl/α,β-unsaturated/α-hetero) is 1. The van der Waals surface area contributed by atoms with Crippen LogP contribution in [0.4, 0.5) is 0 Å². The van der Waals surface area contributed by atoms with E-state index in [1.54, 1.807) is 4.57 Å². The molecule has 1 saturated carbocycles. The zero-order chi connectivity index (χ0) is 31.7. The number of amides is 1. The number of ketones is 1. The molecule has 236 valence electrons. The van der Waals surface area contributed by atoms with Crippen molar-refractivity contribution in [2.45, 2.75) is 102 Å². The molecule has 6 rings (SSSR count). The van der Waals surface area contributed by atoms with Gasteiger partial charge < -0.3 is 19.7 Å². The predicted octanol–water partition coefficient (Wildman–Crippen LogP) is 4.80. The Morgan fingerprint density at radius 2 is 1.87 bits per heavy atom. The zero-order valence-electron chi connectivity index (χ0n) is 25.6. The minimum atomic E-state index is -1.21. The van der Waals surface area contributed by atoms with Gasteiger partial charge in [0.15, 0.2) is 5.78 Å². The highest BCUT2D eigenvalue weighted by molar-refractivity contribution is 5.92. The van der Waals surface area contributed by atoms with Gasteiger partial charge in [-0.3, -0.25) is 24.0 Å². The van der Waals surface area contributed by atoms with Crippen LogP contribution in [0.5, 0.6) is 0 Å². The lowest BCUT2D eigenvalue weighted by atomic mass is 9.71. The number of aromatic nitrogens is 2. The van der Waals surface area contributed by atoms with E-state index in [1.807, 2.05) is 43.3 Å². The number of carbonyl (C=O) groups is 4. The molecule has 0 radical (unpaired) electrons. The maximum Gasteiger partial charge on any atom is 0.316 e. The number of hydrogen-bond acceptors (Lipinski definition) is 7. The summed E-state index contributed by atoms with van der Waals surface area (Å²) in [7, 11) is 0. The second kappa shape index (κ2) is 12.6. The van der Waals surface area contributed by atoms with Gasteiger partial charge in [-0.25, -0.2) is 4.98 Å². The fourth-order valence-electron chi connectivity index (χ4n) is 7.44. The van der Waals surface area contributed by atoms with E-state index in [0.29, 0.717) is 47.8 Å². The average Bonchev–Trinajstić information content (AvgIpc) is 3.40. The summed E-state index contributed by atoms with van der Waals surface area (Å²) < 4.78 is 7.31. The Kier molecular flexibility index (Phi) is 8.57. The number of pyridine rings is 2. The smallest absolute Gasteiger partial charge is 0.316 e. The van der Waals surface area contributed by atoms with Crippen molar-refractivity contribution < 1.29 is 29.0 Å². The molecular weight excluding hydrogens is 574 g/mol. The molecule has 0 bridgehead atoms. The molecule has 3 aliphatic rings. The minimum Gasteiger partial charge on any atom is -0.481 e. The molecule has 2 N–H and O–H groups in total. The standard InChI is InChI=1S/C35H39N3O7/c1-2-35(15-14-29(39)27(16-21-8-4-3-5-9-21)36-30(40)12-13-31(41)42)25-18-28-32-23(17-22-10-6-7-11-26(22)37-32)19-38(28)33(43)24(25)20-45-34(35)44/h6-7,10-11,17-18,21,27H,2-5,8-9,12-16,19-20H2,1H3,(H,36,40)(H,41,42)/t27-,35-/m0/s1. The van der Waals surface area contributed by atoms with Crippen LogP contribution in [0.1, 0.15) is 94.2 Å². The van der Waals surface area contributed by atoms with Gasteiger partial charge in [-0.1, -0.05) is 57.2 Å². The van der Waals surface area contributed by atoms with Gasteiger partial charge in [0, 0.05) is 23.8 Å². The number of ether oxygens (including phenoxy) is 1. The third-order valence-corrected chi connectivity index (χ3v) is 10.0. The number of rotatable bonds is 11. The molecule has 2 atom stereocenters. The molecule has 10 nitrogen and oxygen atoms in total. The van der Waals surface area contributed by atoms with E-state index in [-0.39, 0.29) is 43.6 Å². The Labute approximate surface area is 261 Å². The Morgan fingerprint density at radius 3 is 2.62 bits per heavy atom. The Bertz CT molecular complexity index is 1740. The van der Waals surface area contributed by atoms with Crippen LogP contribution in [-0.2, 0) is 42.5 Å². The summed E-state index contributed by atoms with van der Waals surface area (Å²) in [5.41, 5.74) is 2.69. The Balaban J connectivity index is 1.30. The number of carbonyl (C=O) groups excluding carboxylic acids is 3. The molecule has 0 spiro atoms.